The van der Waals surface area contributed by atoms with Crippen molar-refractivity contribution < 1.29 is 14.3 Å². The van der Waals surface area contributed by atoms with Gasteiger partial charge in [-0.15, -0.1) is 0 Å². The molecule has 0 N–H and O–H groups in total. The number of aromatic nitrogens is 2. The molecule has 0 aromatic carbocycles. The molecule has 0 unspecified atom stereocenters. The molecule has 0 saturated carbocycles. The maximum Gasteiger partial charge on any atom is 0.381 e. The van der Waals surface area contributed by atoms with Gasteiger partial charge in [-0.1, -0.05) is 0 Å². The lowest BCUT2D eigenvalue weighted by molar-refractivity contribution is -0.137. The van der Waals surface area contributed by atoms with Crippen LogP contribution in [0.2, 0.25) is 0 Å². The predicted octanol–water partition coefficient (Wildman–Crippen LogP) is 0.928. The van der Waals surface area contributed by atoms with Crippen molar-refractivity contribution in [1.29, 1.82) is 0 Å². The molecule has 0 aliphatic rings. The molecular formula is C8H9BrN2O3. The molecule has 0 aliphatic heterocycles. The second kappa shape index (κ2) is 4.36. The number of ether oxygens (including phenoxy) is 1. The third kappa shape index (κ3) is 2.01. The number of carbonyl (C=O) groups is 2. The summed E-state index contributed by atoms with van der Waals surface area (Å²) >= 11 is 3.13. The number of halogens is 1. The van der Waals surface area contributed by atoms with Crippen molar-refractivity contribution in [2.75, 3.05) is 6.61 Å². The van der Waals surface area contributed by atoms with Gasteiger partial charge in [0.1, 0.15) is 5.69 Å². The second-order valence-corrected chi connectivity index (χ2v) is 3.37. The van der Waals surface area contributed by atoms with E-state index in [1.165, 1.54) is 10.9 Å². The molecule has 1 heterocycles. The monoisotopic (exact) mass is 260 g/mol. The number of carbonyl (C=O) groups excluding carboxylic acids is 2. The van der Waals surface area contributed by atoms with Crippen LogP contribution in [0.4, 0.5) is 0 Å². The van der Waals surface area contributed by atoms with Crippen molar-refractivity contribution in [1.82, 2.24) is 9.78 Å². The van der Waals surface area contributed by atoms with Crippen molar-refractivity contribution in [3.05, 3.63) is 16.4 Å². The highest BCUT2D eigenvalue weighted by Gasteiger charge is 2.23. The van der Waals surface area contributed by atoms with Crippen LogP contribution in [0.5, 0.6) is 0 Å². The van der Waals surface area contributed by atoms with Gasteiger partial charge in [-0.05, 0) is 22.9 Å². The Morgan fingerprint density at radius 3 is 2.71 bits per heavy atom. The van der Waals surface area contributed by atoms with E-state index in [0.29, 0.717) is 4.47 Å². The summed E-state index contributed by atoms with van der Waals surface area (Å²) in [6.45, 7) is 1.82. The zero-order chi connectivity index (χ0) is 10.7. The van der Waals surface area contributed by atoms with Gasteiger partial charge in [0.25, 0.3) is 5.78 Å². The highest BCUT2D eigenvalue weighted by atomic mass is 79.9. The molecule has 5 nitrogen and oxygen atoms in total. The molecule has 0 atom stereocenters. The summed E-state index contributed by atoms with van der Waals surface area (Å²) in [6, 6.07) is 0. The third-order valence-electron chi connectivity index (χ3n) is 1.57. The first-order chi connectivity index (χ1) is 6.57. The molecule has 0 bridgehead atoms. The number of hydrogen-bond acceptors (Lipinski definition) is 4. The minimum absolute atomic E-state index is 0.181. The van der Waals surface area contributed by atoms with Gasteiger partial charge in [0.2, 0.25) is 0 Å². The number of ketones is 1. The number of rotatable bonds is 3. The zero-order valence-corrected chi connectivity index (χ0v) is 9.37. The zero-order valence-electron chi connectivity index (χ0n) is 7.78. The van der Waals surface area contributed by atoms with Crippen molar-refractivity contribution in [3.8, 4) is 0 Å². The molecular weight excluding hydrogens is 252 g/mol. The molecule has 1 aromatic heterocycles. The van der Waals surface area contributed by atoms with E-state index in [0.717, 1.165) is 0 Å². The van der Waals surface area contributed by atoms with Crippen LogP contribution in [0, 0.1) is 0 Å². The lowest BCUT2D eigenvalue weighted by Crippen LogP contribution is -2.20. The van der Waals surface area contributed by atoms with Crippen LogP contribution in [-0.4, -0.2) is 28.1 Å². The lowest BCUT2D eigenvalue weighted by atomic mass is 10.3. The normalized spacial score (nSPS) is 9.93. The number of aryl methyl sites for hydroxylation is 1. The fourth-order valence-electron chi connectivity index (χ4n) is 0.959. The van der Waals surface area contributed by atoms with Crippen LogP contribution in [-0.2, 0) is 16.6 Å². The standard InChI is InChI=1S/C8H9BrN2O3/c1-3-14-8(13)7(12)6-5(9)4-10-11(6)2/h4H,3H2,1-2H3. The van der Waals surface area contributed by atoms with Gasteiger partial charge in [-0.25, -0.2) is 4.79 Å². The summed E-state index contributed by atoms with van der Waals surface area (Å²) in [4.78, 5) is 22.6. The molecule has 1 aromatic rings. The van der Waals surface area contributed by atoms with Crippen LogP contribution in [0.25, 0.3) is 0 Å². The Morgan fingerprint density at radius 2 is 2.29 bits per heavy atom. The van der Waals surface area contributed by atoms with Gasteiger partial charge >= 0.3 is 5.97 Å². The van der Waals surface area contributed by atoms with E-state index in [1.807, 2.05) is 0 Å². The number of Topliss-reactive ketones (excluding diaryl/α,β-unsaturated/α-hetero) is 1. The first-order valence-corrected chi connectivity index (χ1v) is 4.76. The van der Waals surface area contributed by atoms with E-state index < -0.39 is 11.8 Å². The van der Waals surface area contributed by atoms with Crippen molar-refractivity contribution in [2.24, 2.45) is 7.05 Å². The fraction of sp³-hybridized carbons (Fsp3) is 0.375. The van der Waals surface area contributed by atoms with Crippen molar-refractivity contribution in [3.63, 3.8) is 0 Å². The number of nitrogens with zero attached hydrogens (tertiary/aromatic N) is 2. The Bertz CT molecular complexity index is 353. The van der Waals surface area contributed by atoms with Crippen LogP contribution in [0.1, 0.15) is 17.4 Å². The minimum atomic E-state index is -0.864. The van der Waals surface area contributed by atoms with Crippen LogP contribution < -0.4 is 0 Å². The highest BCUT2D eigenvalue weighted by molar-refractivity contribution is 9.10. The Labute approximate surface area is 89.2 Å². The molecule has 0 amide bonds. The molecule has 0 radical (unpaired) electrons. The first-order valence-electron chi connectivity index (χ1n) is 3.96. The second-order valence-electron chi connectivity index (χ2n) is 2.51. The van der Waals surface area contributed by atoms with Crippen LogP contribution in [0.15, 0.2) is 10.7 Å². The van der Waals surface area contributed by atoms with E-state index in [1.54, 1.807) is 14.0 Å². The average molecular weight is 261 g/mol. The first kappa shape index (κ1) is 10.9. The van der Waals surface area contributed by atoms with E-state index in [4.69, 9.17) is 0 Å². The Hall–Kier alpha value is -1.17. The van der Waals surface area contributed by atoms with Crippen LogP contribution in [0.3, 0.4) is 0 Å². The summed E-state index contributed by atoms with van der Waals surface area (Å²) in [6.07, 6.45) is 1.45. The SMILES string of the molecule is CCOC(=O)C(=O)c1c(Br)cnn1C. The van der Waals surface area contributed by atoms with Gasteiger partial charge in [0.05, 0.1) is 17.3 Å². The smallest absolute Gasteiger partial charge is 0.381 e. The fourth-order valence-corrected chi connectivity index (χ4v) is 1.49. The molecule has 14 heavy (non-hydrogen) atoms. The Kier molecular flexibility index (Phi) is 3.40. The topological polar surface area (TPSA) is 61.2 Å². The van der Waals surface area contributed by atoms with Crippen LogP contribution >= 0.6 is 15.9 Å². The molecule has 6 heteroatoms. The molecule has 0 saturated heterocycles. The predicted molar refractivity (Wildman–Crippen MR) is 51.9 cm³/mol. The minimum Gasteiger partial charge on any atom is -0.460 e. The van der Waals surface area contributed by atoms with Crippen molar-refractivity contribution in [2.45, 2.75) is 6.92 Å². The average Bonchev–Trinajstić information content (AvgIpc) is 2.46. The summed E-state index contributed by atoms with van der Waals surface area (Å²) in [5.41, 5.74) is 0.198. The van der Waals surface area contributed by atoms with Gasteiger partial charge < -0.3 is 4.74 Å². The quantitative estimate of drug-likeness (QED) is 0.461. The summed E-state index contributed by atoms with van der Waals surface area (Å²) in [7, 11) is 1.58. The Morgan fingerprint density at radius 1 is 1.64 bits per heavy atom. The number of esters is 1. The van der Waals surface area contributed by atoms with E-state index in [9.17, 15) is 9.59 Å². The largest absolute Gasteiger partial charge is 0.460 e. The molecule has 1 rings (SSSR count). The van der Waals surface area contributed by atoms with Gasteiger partial charge in [0.15, 0.2) is 0 Å². The lowest BCUT2D eigenvalue weighted by Gasteiger charge is -2.01. The molecule has 0 fully saturated rings. The summed E-state index contributed by atoms with van der Waals surface area (Å²) in [5, 5.41) is 3.82. The number of hydrogen-bond donors (Lipinski definition) is 0. The van der Waals surface area contributed by atoms with E-state index >= 15 is 0 Å². The van der Waals surface area contributed by atoms with Gasteiger partial charge in [-0.2, -0.15) is 5.10 Å². The molecule has 0 spiro atoms. The van der Waals surface area contributed by atoms with Gasteiger partial charge in [0, 0.05) is 7.05 Å². The third-order valence-corrected chi connectivity index (χ3v) is 2.15. The molecule has 0 aliphatic carbocycles. The summed E-state index contributed by atoms with van der Waals surface area (Å²) < 4.78 is 6.39. The summed E-state index contributed by atoms with van der Waals surface area (Å²) in [5.74, 6) is -1.56. The highest BCUT2D eigenvalue weighted by Crippen LogP contribution is 2.15. The van der Waals surface area contributed by atoms with E-state index in [-0.39, 0.29) is 12.3 Å². The maximum absolute atomic E-state index is 11.5. The van der Waals surface area contributed by atoms with Crippen molar-refractivity contribution >= 4 is 27.7 Å². The molecule has 76 valence electrons. The maximum atomic E-state index is 11.5. The van der Waals surface area contributed by atoms with E-state index in [2.05, 4.69) is 25.8 Å². The Balaban J connectivity index is 2.95. The van der Waals surface area contributed by atoms with Gasteiger partial charge in [-0.3, -0.25) is 9.48 Å².